The number of fused-ring (bicyclic) bond motifs is 1. The van der Waals surface area contributed by atoms with Crippen molar-refractivity contribution in [3.8, 4) is 5.88 Å². The molecule has 0 amide bonds. The Labute approximate surface area is 167 Å². The average Bonchev–Trinajstić information content (AvgIpc) is 2.67. The van der Waals surface area contributed by atoms with Crippen LogP contribution in [0.5, 0.6) is 5.88 Å². The fourth-order valence-electron chi connectivity index (χ4n) is 2.91. The van der Waals surface area contributed by atoms with E-state index in [-0.39, 0.29) is 23.2 Å². The molecule has 0 saturated heterocycles. The highest BCUT2D eigenvalue weighted by molar-refractivity contribution is 9.10. The van der Waals surface area contributed by atoms with Gasteiger partial charge >= 0.3 is 11.9 Å². The van der Waals surface area contributed by atoms with E-state index in [2.05, 4.69) is 20.9 Å². The number of esters is 1. The predicted octanol–water partition coefficient (Wildman–Crippen LogP) is 2.56. The quantitative estimate of drug-likeness (QED) is 0.578. The van der Waals surface area contributed by atoms with E-state index in [0.29, 0.717) is 10.0 Å². The van der Waals surface area contributed by atoms with Crippen molar-refractivity contribution in [1.82, 2.24) is 9.38 Å². The van der Waals surface area contributed by atoms with Crippen molar-refractivity contribution >= 4 is 33.5 Å². The highest BCUT2D eigenvalue weighted by Gasteiger charge is 2.27. The number of aromatic carboxylic acids is 1. The van der Waals surface area contributed by atoms with Crippen LogP contribution in [-0.4, -0.2) is 38.6 Å². The molecule has 0 fully saturated rings. The van der Waals surface area contributed by atoms with E-state index in [1.54, 1.807) is 12.1 Å². The number of carboxylic acid groups (broad SMARTS) is 1. The molecule has 0 spiro atoms. The number of hydrogen-bond donors (Lipinski definition) is 2. The molecule has 0 bridgehead atoms. The Kier molecular flexibility index (Phi) is 5.46. The van der Waals surface area contributed by atoms with Crippen molar-refractivity contribution in [3.63, 3.8) is 0 Å². The highest BCUT2D eigenvalue weighted by Crippen LogP contribution is 2.31. The molecule has 2 aromatic heterocycles. The van der Waals surface area contributed by atoms with Gasteiger partial charge in [-0.1, -0.05) is 12.1 Å². The van der Waals surface area contributed by atoms with Gasteiger partial charge in [0.05, 0.1) is 24.7 Å². The molecule has 0 aliphatic carbocycles. The number of nitrogens with zero attached hydrogens (tertiary/aromatic N) is 2. The largest absolute Gasteiger partial charge is 0.493 e. The fraction of sp³-hybridized carbons (Fsp3) is 0.158. The standard InChI is InChI=1S/C19H15BrN2O6/c1-28-15(23)8-13(10-2-4-11(5-3-10)19(26)27)16-17(24)21-14-7-6-12(20)9-22(14)18(16)25/h2-7,9,13,24H,8H2,1H3,(H,26,27)/t13-/m1/s1. The van der Waals surface area contributed by atoms with Gasteiger partial charge in [-0.3, -0.25) is 14.0 Å². The minimum Gasteiger partial charge on any atom is -0.493 e. The van der Waals surface area contributed by atoms with Gasteiger partial charge in [0.15, 0.2) is 0 Å². The van der Waals surface area contributed by atoms with Crippen LogP contribution in [0.3, 0.4) is 0 Å². The van der Waals surface area contributed by atoms with E-state index in [9.17, 15) is 19.5 Å². The van der Waals surface area contributed by atoms with Gasteiger partial charge in [-0.2, -0.15) is 4.98 Å². The maximum Gasteiger partial charge on any atom is 0.335 e. The number of aromatic hydroxyl groups is 1. The third-order valence-corrected chi connectivity index (χ3v) is 4.78. The lowest BCUT2D eigenvalue weighted by molar-refractivity contribution is -0.140. The summed E-state index contributed by atoms with van der Waals surface area (Å²) in [6.45, 7) is 0. The summed E-state index contributed by atoms with van der Waals surface area (Å²) in [5, 5.41) is 19.5. The van der Waals surface area contributed by atoms with Gasteiger partial charge in [0.2, 0.25) is 5.88 Å². The zero-order chi connectivity index (χ0) is 20.4. The SMILES string of the molecule is COC(=O)C[C@H](c1ccc(C(=O)O)cc1)c1c(O)nc2ccc(Br)cn2c1=O. The zero-order valence-corrected chi connectivity index (χ0v) is 16.2. The maximum absolute atomic E-state index is 13.1. The lowest BCUT2D eigenvalue weighted by Gasteiger charge is -2.18. The molecule has 1 aromatic carbocycles. The first kappa shape index (κ1) is 19.6. The summed E-state index contributed by atoms with van der Waals surface area (Å²) in [6, 6.07) is 8.95. The molecule has 2 N–H and O–H groups in total. The van der Waals surface area contributed by atoms with Gasteiger partial charge in [0.1, 0.15) is 5.65 Å². The van der Waals surface area contributed by atoms with Crippen LogP contribution < -0.4 is 5.56 Å². The average molecular weight is 447 g/mol. The first-order chi connectivity index (χ1) is 13.3. The van der Waals surface area contributed by atoms with Crippen LogP contribution in [0.2, 0.25) is 0 Å². The van der Waals surface area contributed by atoms with Crippen LogP contribution in [0.1, 0.15) is 33.8 Å². The Hall–Kier alpha value is -3.20. The number of benzene rings is 1. The first-order valence-electron chi connectivity index (χ1n) is 8.12. The van der Waals surface area contributed by atoms with Crippen molar-refractivity contribution in [3.05, 3.63) is 74.1 Å². The van der Waals surface area contributed by atoms with E-state index in [4.69, 9.17) is 9.84 Å². The molecule has 0 radical (unpaired) electrons. The number of carboxylic acids is 1. The van der Waals surface area contributed by atoms with Gasteiger partial charge in [-0.05, 0) is 45.8 Å². The molecule has 0 aliphatic heterocycles. The Morgan fingerprint density at radius 1 is 1.21 bits per heavy atom. The van der Waals surface area contributed by atoms with Gasteiger partial charge in [-0.25, -0.2) is 4.79 Å². The number of methoxy groups -OCH3 is 1. The number of rotatable bonds is 5. The van der Waals surface area contributed by atoms with Gasteiger partial charge in [-0.15, -0.1) is 0 Å². The lowest BCUT2D eigenvalue weighted by Crippen LogP contribution is -2.24. The fourth-order valence-corrected chi connectivity index (χ4v) is 3.25. The molecule has 28 heavy (non-hydrogen) atoms. The van der Waals surface area contributed by atoms with E-state index in [1.165, 1.54) is 42.0 Å². The summed E-state index contributed by atoms with van der Waals surface area (Å²) in [5.74, 6) is -3.06. The molecule has 0 aliphatic rings. The van der Waals surface area contributed by atoms with Gasteiger partial charge in [0, 0.05) is 16.6 Å². The predicted molar refractivity (Wildman–Crippen MR) is 103 cm³/mol. The van der Waals surface area contributed by atoms with E-state index in [0.717, 1.165) is 0 Å². The molecule has 3 rings (SSSR count). The van der Waals surface area contributed by atoms with Crippen molar-refractivity contribution in [1.29, 1.82) is 0 Å². The lowest BCUT2D eigenvalue weighted by atomic mass is 9.89. The Bertz CT molecular complexity index is 1120. The first-order valence-corrected chi connectivity index (χ1v) is 8.92. The number of aromatic nitrogens is 2. The zero-order valence-electron chi connectivity index (χ0n) is 14.6. The number of carbonyl (C=O) groups excluding carboxylic acids is 1. The summed E-state index contributed by atoms with van der Waals surface area (Å²) in [4.78, 5) is 40.1. The molecule has 1 atom stereocenters. The monoisotopic (exact) mass is 446 g/mol. The third-order valence-electron chi connectivity index (χ3n) is 4.31. The molecular weight excluding hydrogens is 432 g/mol. The second-order valence-electron chi connectivity index (χ2n) is 5.99. The van der Waals surface area contributed by atoms with Gasteiger partial charge in [0.25, 0.3) is 5.56 Å². The molecule has 0 saturated carbocycles. The second kappa shape index (κ2) is 7.81. The molecule has 9 heteroatoms. The number of hydrogen-bond acceptors (Lipinski definition) is 6. The molecular formula is C19H15BrN2O6. The van der Waals surface area contributed by atoms with Crippen molar-refractivity contribution < 1.29 is 24.5 Å². The van der Waals surface area contributed by atoms with Crippen LogP contribution in [0.15, 0.2) is 51.9 Å². The second-order valence-corrected chi connectivity index (χ2v) is 6.91. The van der Waals surface area contributed by atoms with Crippen LogP contribution in [-0.2, 0) is 9.53 Å². The third kappa shape index (κ3) is 3.74. The van der Waals surface area contributed by atoms with E-state index < -0.39 is 29.3 Å². The Morgan fingerprint density at radius 2 is 1.89 bits per heavy atom. The molecule has 2 heterocycles. The van der Waals surface area contributed by atoms with Crippen molar-refractivity contribution in [2.24, 2.45) is 0 Å². The minimum atomic E-state index is -1.10. The summed E-state index contributed by atoms with van der Waals surface area (Å²) >= 11 is 3.28. The summed E-state index contributed by atoms with van der Waals surface area (Å²) < 4.78 is 6.61. The number of pyridine rings is 1. The van der Waals surface area contributed by atoms with Crippen molar-refractivity contribution in [2.45, 2.75) is 12.3 Å². The Morgan fingerprint density at radius 3 is 2.50 bits per heavy atom. The van der Waals surface area contributed by atoms with Crippen LogP contribution in [0, 0.1) is 0 Å². The summed E-state index contributed by atoms with van der Waals surface area (Å²) in [6.07, 6.45) is 1.28. The van der Waals surface area contributed by atoms with Crippen LogP contribution in [0.4, 0.5) is 0 Å². The number of carbonyl (C=O) groups is 2. The highest BCUT2D eigenvalue weighted by atomic mass is 79.9. The van der Waals surface area contributed by atoms with Gasteiger partial charge < -0.3 is 14.9 Å². The molecule has 8 nitrogen and oxygen atoms in total. The topological polar surface area (TPSA) is 118 Å². The van der Waals surface area contributed by atoms with Crippen LogP contribution in [0.25, 0.3) is 5.65 Å². The molecule has 3 aromatic rings. The number of halogens is 1. The maximum atomic E-state index is 13.1. The smallest absolute Gasteiger partial charge is 0.335 e. The summed E-state index contributed by atoms with van der Waals surface area (Å²) in [7, 11) is 1.22. The summed E-state index contributed by atoms with van der Waals surface area (Å²) in [5.41, 5.74) is 0.151. The van der Waals surface area contributed by atoms with E-state index in [1.807, 2.05) is 0 Å². The minimum absolute atomic E-state index is 0.0575. The van der Waals surface area contributed by atoms with Crippen molar-refractivity contribution in [2.75, 3.05) is 7.11 Å². The normalized spacial score (nSPS) is 11.9. The Balaban J connectivity index is 2.21. The van der Waals surface area contributed by atoms with Crippen LogP contribution >= 0.6 is 15.9 Å². The molecule has 144 valence electrons. The van der Waals surface area contributed by atoms with E-state index >= 15 is 0 Å². The molecule has 0 unspecified atom stereocenters. The number of ether oxygens (including phenoxy) is 1.